The molecule has 0 unspecified atom stereocenters. The normalized spacial score (nSPS) is 9.64. The number of aromatic nitrogens is 1. The molecule has 0 radical (unpaired) electrons. The maximum Gasteiger partial charge on any atom is 0.264 e. The van der Waals surface area contributed by atoms with Crippen molar-refractivity contribution < 1.29 is 4.42 Å². The number of oxazole rings is 1. The van der Waals surface area contributed by atoms with E-state index in [-0.39, 0.29) is 5.69 Å². The predicted molar refractivity (Wildman–Crippen MR) is 54.2 cm³/mol. The second-order valence-corrected chi connectivity index (χ2v) is 3.18. The van der Waals surface area contributed by atoms with E-state index >= 15 is 0 Å². The van der Waals surface area contributed by atoms with E-state index in [1.54, 1.807) is 6.07 Å². The van der Waals surface area contributed by atoms with Gasteiger partial charge in [-0.25, -0.2) is 9.83 Å². The SMILES string of the molecule is [C-]#[N+]c1cc2nc(Br)oc2cc1[N+]#[C-]. The first-order valence-corrected chi connectivity index (χ1v) is 4.39. The van der Waals surface area contributed by atoms with Gasteiger partial charge in [0.15, 0.2) is 11.4 Å². The van der Waals surface area contributed by atoms with Gasteiger partial charge in [0.25, 0.3) is 4.80 Å². The minimum atomic E-state index is 0.288. The lowest BCUT2D eigenvalue weighted by Crippen LogP contribution is -1.68. The van der Waals surface area contributed by atoms with Crippen LogP contribution in [0.4, 0.5) is 11.4 Å². The van der Waals surface area contributed by atoms with Crippen molar-refractivity contribution in [1.82, 2.24) is 4.98 Å². The molecule has 1 aromatic carbocycles. The standard InChI is InChI=1S/C9H2BrN3O/c1-11-5-3-7-8(4-6(5)12-2)14-9(10)13-7/h3-4H. The zero-order valence-corrected chi connectivity index (χ0v) is 8.37. The van der Waals surface area contributed by atoms with E-state index in [4.69, 9.17) is 17.6 Å². The first-order chi connectivity index (χ1) is 6.74. The zero-order chi connectivity index (χ0) is 10.1. The van der Waals surface area contributed by atoms with Gasteiger partial charge in [-0.2, -0.15) is 0 Å². The molecule has 0 saturated heterocycles. The van der Waals surface area contributed by atoms with E-state index in [0.29, 0.717) is 21.6 Å². The molecule has 0 spiro atoms. The highest BCUT2D eigenvalue weighted by molar-refractivity contribution is 9.10. The van der Waals surface area contributed by atoms with Gasteiger partial charge in [0.1, 0.15) is 5.58 Å². The lowest BCUT2D eigenvalue weighted by atomic mass is 10.2. The summed E-state index contributed by atoms with van der Waals surface area (Å²) < 4.78 is 5.17. The molecule has 1 aromatic heterocycles. The van der Waals surface area contributed by atoms with E-state index < -0.39 is 0 Å². The lowest BCUT2D eigenvalue weighted by molar-refractivity contribution is 0.570. The summed E-state index contributed by atoms with van der Waals surface area (Å²) in [5.41, 5.74) is 1.68. The van der Waals surface area contributed by atoms with Gasteiger partial charge in [-0.3, -0.25) is 4.85 Å². The molecule has 0 aliphatic rings. The Bertz CT molecular complexity index is 537. The molecule has 2 rings (SSSR count). The molecule has 0 fully saturated rings. The molecule has 2 aromatic rings. The molecule has 4 nitrogen and oxygen atoms in total. The molecule has 0 saturated carbocycles. The fourth-order valence-electron chi connectivity index (χ4n) is 1.10. The molecule has 1 heterocycles. The molecule has 0 aliphatic carbocycles. The molecule has 14 heavy (non-hydrogen) atoms. The summed E-state index contributed by atoms with van der Waals surface area (Å²) >= 11 is 3.08. The van der Waals surface area contributed by atoms with E-state index in [0.717, 1.165) is 0 Å². The molecule has 5 heteroatoms. The van der Waals surface area contributed by atoms with Gasteiger partial charge >= 0.3 is 0 Å². The second-order valence-electron chi connectivity index (χ2n) is 2.50. The van der Waals surface area contributed by atoms with Crippen LogP contribution in [-0.2, 0) is 0 Å². The Balaban J connectivity index is 2.84. The van der Waals surface area contributed by atoms with Crippen LogP contribution in [0.15, 0.2) is 21.3 Å². The quantitative estimate of drug-likeness (QED) is 0.666. The first-order valence-electron chi connectivity index (χ1n) is 3.59. The number of benzene rings is 1. The maximum absolute atomic E-state index is 6.88. The van der Waals surface area contributed by atoms with Gasteiger partial charge in [0, 0.05) is 15.9 Å². The van der Waals surface area contributed by atoms with Crippen LogP contribution in [-0.4, -0.2) is 4.98 Å². The third-order valence-corrected chi connectivity index (χ3v) is 2.04. The average molecular weight is 248 g/mol. The third kappa shape index (κ3) is 1.24. The van der Waals surface area contributed by atoms with Crippen molar-refractivity contribution in [3.63, 3.8) is 0 Å². The van der Waals surface area contributed by atoms with Crippen LogP contribution < -0.4 is 0 Å². The monoisotopic (exact) mass is 247 g/mol. The molecule has 0 amide bonds. The van der Waals surface area contributed by atoms with Gasteiger partial charge in [0.2, 0.25) is 0 Å². The van der Waals surface area contributed by atoms with Crippen molar-refractivity contribution in [3.8, 4) is 0 Å². The summed E-state index contributed by atoms with van der Waals surface area (Å²) in [6, 6.07) is 3.07. The van der Waals surface area contributed by atoms with Gasteiger partial charge in [0.05, 0.1) is 18.7 Å². The Kier molecular flexibility index (Phi) is 1.95. The van der Waals surface area contributed by atoms with Crippen molar-refractivity contribution in [1.29, 1.82) is 0 Å². The number of rotatable bonds is 0. The van der Waals surface area contributed by atoms with Crippen LogP contribution in [0.1, 0.15) is 0 Å². The number of hydrogen-bond donors (Lipinski definition) is 0. The van der Waals surface area contributed by atoms with Crippen LogP contribution in [0.25, 0.3) is 20.8 Å². The fourth-order valence-corrected chi connectivity index (χ4v) is 1.47. The molecular weight excluding hydrogens is 246 g/mol. The van der Waals surface area contributed by atoms with Crippen molar-refractivity contribution in [2.24, 2.45) is 0 Å². The van der Waals surface area contributed by atoms with Crippen molar-refractivity contribution in [2.45, 2.75) is 0 Å². The summed E-state index contributed by atoms with van der Waals surface area (Å²) in [6.45, 7) is 13.8. The number of nitrogens with zero attached hydrogens (tertiary/aromatic N) is 3. The maximum atomic E-state index is 6.88. The first kappa shape index (κ1) is 8.74. The Morgan fingerprint density at radius 1 is 1.21 bits per heavy atom. The summed E-state index contributed by atoms with van der Waals surface area (Å²) in [7, 11) is 0. The Hall–Kier alpha value is -1.85. The zero-order valence-electron chi connectivity index (χ0n) is 6.78. The second kappa shape index (κ2) is 3.13. The Morgan fingerprint density at radius 2 is 1.86 bits per heavy atom. The van der Waals surface area contributed by atoms with E-state index in [9.17, 15) is 0 Å². The van der Waals surface area contributed by atoms with Crippen LogP contribution in [0.3, 0.4) is 0 Å². The van der Waals surface area contributed by atoms with E-state index in [1.807, 2.05) is 0 Å². The van der Waals surface area contributed by atoms with Crippen molar-refractivity contribution in [2.75, 3.05) is 0 Å². The number of fused-ring (bicyclic) bond motifs is 1. The fraction of sp³-hybridized carbons (Fsp3) is 0. The minimum absolute atomic E-state index is 0.288. The summed E-state index contributed by atoms with van der Waals surface area (Å²) in [4.78, 5) is 10.8. The van der Waals surface area contributed by atoms with Crippen LogP contribution in [0.2, 0.25) is 0 Å². The van der Waals surface area contributed by atoms with E-state index in [2.05, 4.69) is 30.6 Å². The predicted octanol–water partition coefficient (Wildman–Crippen LogP) is 3.69. The molecular formula is C9H2BrN3O. The van der Waals surface area contributed by atoms with Crippen molar-refractivity contribution >= 4 is 38.4 Å². The van der Waals surface area contributed by atoms with Gasteiger partial charge < -0.3 is 4.42 Å². The highest BCUT2D eigenvalue weighted by Gasteiger charge is 2.09. The Labute approximate surface area is 87.9 Å². The summed E-state index contributed by atoms with van der Waals surface area (Å²) in [6.07, 6.45) is 0. The highest BCUT2D eigenvalue weighted by Crippen LogP contribution is 2.33. The Morgan fingerprint density at radius 3 is 2.50 bits per heavy atom. The minimum Gasteiger partial charge on any atom is -0.433 e. The van der Waals surface area contributed by atoms with Gasteiger partial charge in [-0.1, -0.05) is 0 Å². The highest BCUT2D eigenvalue weighted by atomic mass is 79.9. The molecule has 0 bridgehead atoms. The number of hydrogen-bond acceptors (Lipinski definition) is 2. The summed E-state index contributed by atoms with van der Waals surface area (Å²) in [5, 5.41) is 0. The molecule has 0 aliphatic heterocycles. The molecule has 66 valence electrons. The molecule has 0 atom stereocenters. The third-order valence-electron chi connectivity index (χ3n) is 1.70. The topological polar surface area (TPSA) is 34.8 Å². The molecule has 0 N–H and O–H groups in total. The largest absolute Gasteiger partial charge is 0.433 e. The smallest absolute Gasteiger partial charge is 0.264 e. The van der Waals surface area contributed by atoms with E-state index in [1.165, 1.54) is 6.07 Å². The lowest BCUT2D eigenvalue weighted by Gasteiger charge is -1.92. The van der Waals surface area contributed by atoms with Crippen LogP contribution in [0.5, 0.6) is 0 Å². The van der Waals surface area contributed by atoms with Gasteiger partial charge in [-0.15, -0.1) is 0 Å². The average Bonchev–Trinajstić information content (AvgIpc) is 2.54. The van der Waals surface area contributed by atoms with Crippen molar-refractivity contribution in [3.05, 3.63) is 39.8 Å². The number of halogens is 1. The van der Waals surface area contributed by atoms with Crippen LogP contribution >= 0.6 is 15.9 Å². The van der Waals surface area contributed by atoms with Gasteiger partial charge in [-0.05, 0) is 12.1 Å². The van der Waals surface area contributed by atoms with Crippen LogP contribution in [0, 0.1) is 13.1 Å². The summed E-state index contributed by atoms with van der Waals surface area (Å²) in [5.74, 6) is 0.